The van der Waals surface area contributed by atoms with Crippen LogP contribution in [-0.2, 0) is 19.1 Å². The average molecular weight is 274 g/mol. The van der Waals surface area contributed by atoms with E-state index in [9.17, 15) is 14.4 Å². The van der Waals surface area contributed by atoms with Crippen molar-refractivity contribution in [3.05, 3.63) is 0 Å². The molecule has 0 aliphatic rings. The number of likely N-dealkylation sites (N-methyl/N-ethyl adjacent to an activating group) is 1. The van der Waals surface area contributed by atoms with E-state index >= 15 is 0 Å². The highest BCUT2D eigenvalue weighted by Crippen LogP contribution is 2.10. The fraction of sp³-hybridized carbons (Fsp3) is 0.750. The number of esters is 1. The first-order chi connectivity index (χ1) is 8.45. The van der Waals surface area contributed by atoms with Crippen LogP contribution in [0, 0.1) is 0 Å². The third-order valence-electron chi connectivity index (χ3n) is 2.44. The molecule has 0 aromatic heterocycles. The van der Waals surface area contributed by atoms with Gasteiger partial charge < -0.3 is 20.5 Å². The number of nitrogens with zero attached hydrogens (tertiary/aromatic N) is 1. The molecule has 0 aromatic rings. The van der Waals surface area contributed by atoms with Crippen LogP contribution in [0.25, 0.3) is 0 Å². The molecule has 0 bridgehead atoms. The number of carbonyl (C=O) groups excluding carboxylic acids is 2. The van der Waals surface area contributed by atoms with Crippen LogP contribution >= 0.6 is 0 Å². The van der Waals surface area contributed by atoms with Gasteiger partial charge in [-0.2, -0.15) is 0 Å². The molecule has 0 aliphatic carbocycles. The molecule has 0 radical (unpaired) electrons. The van der Waals surface area contributed by atoms with E-state index < -0.39 is 35.5 Å². The van der Waals surface area contributed by atoms with E-state index in [0.717, 1.165) is 4.90 Å². The zero-order valence-electron chi connectivity index (χ0n) is 12.0. The molecule has 0 aliphatic heterocycles. The second-order valence-corrected chi connectivity index (χ2v) is 5.36. The van der Waals surface area contributed by atoms with Gasteiger partial charge in [0, 0.05) is 7.05 Å². The third-order valence-corrected chi connectivity index (χ3v) is 2.44. The summed E-state index contributed by atoms with van der Waals surface area (Å²) in [6, 6.07) is -2.08. The van der Waals surface area contributed by atoms with Crippen molar-refractivity contribution in [1.82, 2.24) is 4.90 Å². The van der Waals surface area contributed by atoms with E-state index in [1.54, 1.807) is 20.8 Å². The average Bonchev–Trinajstić information content (AvgIpc) is 2.24. The maximum absolute atomic E-state index is 11.7. The normalized spacial score (nSPS) is 14.4. The first-order valence-electron chi connectivity index (χ1n) is 5.92. The molecule has 7 heteroatoms. The topological polar surface area (TPSA) is 110 Å². The van der Waals surface area contributed by atoms with Crippen LogP contribution in [0.5, 0.6) is 0 Å². The summed E-state index contributed by atoms with van der Waals surface area (Å²) >= 11 is 0. The zero-order chi connectivity index (χ0) is 15.4. The SMILES string of the molecule is CC(C(=O)O)N(C)C(=O)CC(N)C(=O)OC(C)(C)C. The Hall–Kier alpha value is -1.63. The van der Waals surface area contributed by atoms with Gasteiger partial charge in [0.05, 0.1) is 6.42 Å². The number of hydrogen-bond donors (Lipinski definition) is 2. The molecule has 110 valence electrons. The molecule has 2 unspecified atom stereocenters. The van der Waals surface area contributed by atoms with Gasteiger partial charge in [-0.05, 0) is 27.7 Å². The molecule has 0 spiro atoms. The predicted octanol–water partition coefficient (Wildman–Crippen LogP) is -0.0230. The molecule has 0 saturated carbocycles. The van der Waals surface area contributed by atoms with Crippen LogP contribution in [0.4, 0.5) is 0 Å². The Kier molecular flexibility index (Phi) is 5.95. The molecule has 3 N–H and O–H groups in total. The smallest absolute Gasteiger partial charge is 0.326 e. The molecular formula is C12H22N2O5. The molecule has 0 aromatic carbocycles. The molecule has 1 amide bonds. The van der Waals surface area contributed by atoms with Crippen molar-refractivity contribution in [3.63, 3.8) is 0 Å². The van der Waals surface area contributed by atoms with Gasteiger partial charge in [-0.15, -0.1) is 0 Å². The summed E-state index contributed by atoms with van der Waals surface area (Å²) in [5.74, 6) is -2.33. The number of ether oxygens (including phenoxy) is 1. The number of aliphatic carboxylic acids is 1. The number of hydrogen-bond acceptors (Lipinski definition) is 5. The van der Waals surface area contributed by atoms with Gasteiger partial charge in [-0.3, -0.25) is 9.59 Å². The predicted molar refractivity (Wildman–Crippen MR) is 68.3 cm³/mol. The fourth-order valence-electron chi connectivity index (χ4n) is 1.17. The van der Waals surface area contributed by atoms with Crippen molar-refractivity contribution in [2.45, 2.75) is 51.8 Å². The lowest BCUT2D eigenvalue weighted by molar-refractivity contribution is -0.158. The molecule has 19 heavy (non-hydrogen) atoms. The quantitative estimate of drug-likeness (QED) is 0.682. The lowest BCUT2D eigenvalue weighted by Crippen LogP contribution is -2.45. The van der Waals surface area contributed by atoms with Crippen molar-refractivity contribution in [2.24, 2.45) is 5.73 Å². The summed E-state index contributed by atoms with van der Waals surface area (Å²) in [6.45, 7) is 6.45. The minimum atomic E-state index is -1.12. The number of amides is 1. The Morgan fingerprint density at radius 2 is 1.79 bits per heavy atom. The number of nitrogens with two attached hydrogens (primary N) is 1. The Bertz CT molecular complexity index is 362. The molecule has 0 saturated heterocycles. The number of rotatable bonds is 5. The van der Waals surface area contributed by atoms with Gasteiger partial charge in [0.15, 0.2) is 0 Å². The largest absolute Gasteiger partial charge is 0.480 e. The summed E-state index contributed by atoms with van der Waals surface area (Å²) in [4.78, 5) is 35.1. The summed E-state index contributed by atoms with van der Waals surface area (Å²) in [7, 11) is 1.35. The summed E-state index contributed by atoms with van der Waals surface area (Å²) in [6.07, 6.45) is -0.289. The van der Waals surface area contributed by atoms with E-state index in [2.05, 4.69) is 0 Å². The highest BCUT2D eigenvalue weighted by atomic mass is 16.6. The lowest BCUT2D eigenvalue weighted by Gasteiger charge is -2.25. The van der Waals surface area contributed by atoms with Crippen LogP contribution < -0.4 is 5.73 Å². The van der Waals surface area contributed by atoms with Crippen LogP contribution in [0.1, 0.15) is 34.1 Å². The minimum absolute atomic E-state index is 0.289. The second-order valence-electron chi connectivity index (χ2n) is 5.36. The van der Waals surface area contributed by atoms with E-state index in [4.69, 9.17) is 15.6 Å². The van der Waals surface area contributed by atoms with Crippen molar-refractivity contribution in [3.8, 4) is 0 Å². The Morgan fingerprint density at radius 1 is 1.32 bits per heavy atom. The molecule has 0 rings (SSSR count). The van der Waals surface area contributed by atoms with Gasteiger partial charge >= 0.3 is 11.9 Å². The van der Waals surface area contributed by atoms with Crippen molar-refractivity contribution >= 4 is 17.8 Å². The third kappa shape index (κ3) is 6.19. The molecule has 2 atom stereocenters. The van der Waals surface area contributed by atoms with E-state index in [1.807, 2.05) is 0 Å². The summed E-state index contributed by atoms with van der Waals surface area (Å²) in [5.41, 5.74) is 4.89. The summed E-state index contributed by atoms with van der Waals surface area (Å²) < 4.78 is 5.04. The van der Waals surface area contributed by atoms with Gasteiger partial charge in [0.25, 0.3) is 0 Å². The molecule has 7 nitrogen and oxygen atoms in total. The van der Waals surface area contributed by atoms with Crippen LogP contribution in [-0.4, -0.2) is 52.6 Å². The molecule has 0 heterocycles. The number of carboxylic acids is 1. The monoisotopic (exact) mass is 274 g/mol. The maximum Gasteiger partial charge on any atom is 0.326 e. The molecule has 0 fully saturated rings. The van der Waals surface area contributed by atoms with E-state index in [-0.39, 0.29) is 6.42 Å². The van der Waals surface area contributed by atoms with Gasteiger partial charge in [-0.1, -0.05) is 0 Å². The van der Waals surface area contributed by atoms with Crippen molar-refractivity contribution in [2.75, 3.05) is 7.05 Å². The first-order valence-corrected chi connectivity index (χ1v) is 5.92. The van der Waals surface area contributed by atoms with Crippen molar-refractivity contribution < 1.29 is 24.2 Å². The zero-order valence-corrected chi connectivity index (χ0v) is 12.0. The second kappa shape index (κ2) is 6.51. The van der Waals surface area contributed by atoms with Gasteiger partial charge in [0.2, 0.25) is 5.91 Å². The van der Waals surface area contributed by atoms with E-state index in [1.165, 1.54) is 14.0 Å². The number of carboxylic acid groups (broad SMARTS) is 1. The fourth-order valence-corrected chi connectivity index (χ4v) is 1.17. The van der Waals surface area contributed by atoms with Crippen molar-refractivity contribution in [1.29, 1.82) is 0 Å². The minimum Gasteiger partial charge on any atom is -0.480 e. The Labute approximate surface area is 112 Å². The highest BCUT2D eigenvalue weighted by molar-refractivity contribution is 5.87. The number of carbonyl (C=O) groups is 3. The van der Waals surface area contributed by atoms with Crippen LogP contribution in [0.3, 0.4) is 0 Å². The Balaban J connectivity index is 4.48. The van der Waals surface area contributed by atoms with Gasteiger partial charge in [0.1, 0.15) is 17.7 Å². The standard InChI is InChI=1S/C12H22N2O5/c1-7(10(16)17)14(5)9(15)6-8(13)11(18)19-12(2,3)4/h7-8H,6,13H2,1-5H3,(H,16,17). The first kappa shape index (κ1) is 17.4. The van der Waals surface area contributed by atoms with Crippen LogP contribution in [0.15, 0.2) is 0 Å². The molecular weight excluding hydrogens is 252 g/mol. The van der Waals surface area contributed by atoms with E-state index in [0.29, 0.717) is 0 Å². The summed E-state index contributed by atoms with van der Waals surface area (Å²) in [5, 5.41) is 8.78. The highest BCUT2D eigenvalue weighted by Gasteiger charge is 2.28. The van der Waals surface area contributed by atoms with Gasteiger partial charge in [-0.25, -0.2) is 4.79 Å². The van der Waals surface area contributed by atoms with Crippen LogP contribution in [0.2, 0.25) is 0 Å². The lowest BCUT2D eigenvalue weighted by atomic mass is 10.1. The maximum atomic E-state index is 11.7. The Morgan fingerprint density at radius 3 is 2.16 bits per heavy atom.